The molecule has 4 heteroatoms. The first-order chi connectivity index (χ1) is 8.65. The molecular formula is C14H19NO3. The quantitative estimate of drug-likeness (QED) is 0.839. The van der Waals surface area contributed by atoms with Crippen LogP contribution in [0.2, 0.25) is 0 Å². The van der Waals surface area contributed by atoms with Crippen LogP contribution in [0.3, 0.4) is 0 Å². The molecule has 2 rings (SSSR count). The first-order valence-corrected chi connectivity index (χ1v) is 6.16. The summed E-state index contributed by atoms with van der Waals surface area (Å²) in [5.41, 5.74) is 6.39. The molecule has 1 aliphatic rings. The molecule has 1 fully saturated rings. The molecule has 1 aromatic rings. The van der Waals surface area contributed by atoms with Crippen molar-refractivity contribution < 1.29 is 14.3 Å². The summed E-state index contributed by atoms with van der Waals surface area (Å²) in [6.45, 7) is 0. The summed E-state index contributed by atoms with van der Waals surface area (Å²) in [5, 5.41) is 0. The minimum atomic E-state index is -0.259. The smallest absolute Gasteiger partial charge is 0.218 e. The molecule has 1 aliphatic carbocycles. The number of nitrogens with two attached hydrogens (primary N) is 1. The van der Waals surface area contributed by atoms with Gasteiger partial charge in [0.25, 0.3) is 0 Å². The molecular weight excluding hydrogens is 230 g/mol. The van der Waals surface area contributed by atoms with Gasteiger partial charge in [0.05, 0.1) is 14.2 Å². The van der Waals surface area contributed by atoms with E-state index in [-0.39, 0.29) is 11.8 Å². The lowest BCUT2D eigenvalue weighted by molar-refractivity contribution is -0.118. The van der Waals surface area contributed by atoms with Crippen LogP contribution in [0.25, 0.3) is 0 Å². The number of hydrogen-bond acceptors (Lipinski definition) is 3. The van der Waals surface area contributed by atoms with E-state index in [1.54, 1.807) is 14.2 Å². The van der Waals surface area contributed by atoms with Crippen LogP contribution in [0.15, 0.2) is 18.2 Å². The summed E-state index contributed by atoms with van der Waals surface area (Å²) < 4.78 is 10.6. The van der Waals surface area contributed by atoms with Crippen LogP contribution in [0.5, 0.6) is 11.5 Å². The number of ether oxygens (including phenoxy) is 2. The molecule has 0 bridgehead atoms. The van der Waals surface area contributed by atoms with Gasteiger partial charge in [0, 0.05) is 12.5 Å². The fourth-order valence-electron chi connectivity index (χ4n) is 2.37. The normalized spacial score (nSPS) is 16.1. The van der Waals surface area contributed by atoms with E-state index in [2.05, 4.69) is 0 Å². The van der Waals surface area contributed by atoms with Crippen molar-refractivity contribution in [1.29, 1.82) is 0 Å². The Morgan fingerprint density at radius 2 is 2.11 bits per heavy atom. The van der Waals surface area contributed by atoms with Gasteiger partial charge in [0.1, 0.15) is 11.5 Å². The van der Waals surface area contributed by atoms with E-state index in [9.17, 15) is 4.79 Å². The maximum atomic E-state index is 11.2. The second kappa shape index (κ2) is 5.29. The highest BCUT2D eigenvalue weighted by atomic mass is 16.5. The molecule has 1 aromatic carbocycles. The minimum absolute atomic E-state index is 0.170. The number of carbonyl (C=O) groups excluding carboxylic acids is 1. The largest absolute Gasteiger partial charge is 0.497 e. The SMILES string of the molecule is COc1ccc(C(CC(N)=O)C2CC2)c(OC)c1. The molecule has 0 saturated heterocycles. The third kappa shape index (κ3) is 2.75. The van der Waals surface area contributed by atoms with E-state index in [0.29, 0.717) is 12.3 Å². The molecule has 2 N–H and O–H groups in total. The van der Waals surface area contributed by atoms with Gasteiger partial charge in [0.15, 0.2) is 0 Å². The van der Waals surface area contributed by atoms with E-state index in [1.165, 1.54) is 0 Å². The monoisotopic (exact) mass is 249 g/mol. The fraction of sp³-hybridized carbons (Fsp3) is 0.500. The standard InChI is InChI=1S/C14H19NO3/c1-17-10-5-6-11(13(7-10)18-2)12(8-14(15)16)9-3-4-9/h5-7,9,12H,3-4,8H2,1-2H3,(H2,15,16). The lowest BCUT2D eigenvalue weighted by Crippen LogP contribution is -2.17. The van der Waals surface area contributed by atoms with Crippen molar-refractivity contribution in [2.75, 3.05) is 14.2 Å². The first kappa shape index (κ1) is 12.7. The maximum Gasteiger partial charge on any atom is 0.218 e. The van der Waals surface area contributed by atoms with E-state index >= 15 is 0 Å². The lowest BCUT2D eigenvalue weighted by atomic mass is 9.90. The van der Waals surface area contributed by atoms with Crippen molar-refractivity contribution in [3.05, 3.63) is 23.8 Å². The number of carbonyl (C=O) groups is 1. The Balaban J connectivity index is 2.31. The molecule has 18 heavy (non-hydrogen) atoms. The van der Waals surface area contributed by atoms with Crippen molar-refractivity contribution in [2.24, 2.45) is 11.7 Å². The number of benzene rings is 1. The van der Waals surface area contributed by atoms with Gasteiger partial charge in [0.2, 0.25) is 5.91 Å². The molecule has 1 saturated carbocycles. The highest BCUT2D eigenvalue weighted by Gasteiger charge is 2.34. The zero-order valence-electron chi connectivity index (χ0n) is 10.8. The number of hydrogen-bond donors (Lipinski definition) is 1. The van der Waals surface area contributed by atoms with Gasteiger partial charge in [-0.05, 0) is 36.3 Å². The second-order valence-electron chi connectivity index (χ2n) is 4.72. The molecule has 0 heterocycles. The third-order valence-electron chi connectivity index (χ3n) is 3.45. The van der Waals surface area contributed by atoms with Crippen LogP contribution in [-0.4, -0.2) is 20.1 Å². The van der Waals surface area contributed by atoms with Crippen molar-refractivity contribution >= 4 is 5.91 Å². The van der Waals surface area contributed by atoms with E-state index in [4.69, 9.17) is 15.2 Å². The Bertz CT molecular complexity index is 441. The summed E-state index contributed by atoms with van der Waals surface area (Å²) in [6, 6.07) is 5.73. The van der Waals surface area contributed by atoms with Gasteiger partial charge < -0.3 is 15.2 Å². The van der Waals surface area contributed by atoms with Gasteiger partial charge in [-0.25, -0.2) is 0 Å². The van der Waals surface area contributed by atoms with Gasteiger partial charge in [-0.1, -0.05) is 6.07 Å². The lowest BCUT2D eigenvalue weighted by Gasteiger charge is -2.18. The summed E-state index contributed by atoms with van der Waals surface area (Å²) in [7, 11) is 3.25. The molecule has 0 radical (unpaired) electrons. The Morgan fingerprint density at radius 1 is 1.39 bits per heavy atom. The molecule has 98 valence electrons. The number of primary amides is 1. The van der Waals surface area contributed by atoms with Gasteiger partial charge in [-0.3, -0.25) is 4.79 Å². The van der Waals surface area contributed by atoms with Gasteiger partial charge in [-0.15, -0.1) is 0 Å². The molecule has 1 unspecified atom stereocenters. The van der Waals surface area contributed by atoms with Gasteiger partial charge in [-0.2, -0.15) is 0 Å². The van der Waals surface area contributed by atoms with E-state index in [1.807, 2.05) is 18.2 Å². The molecule has 1 amide bonds. The zero-order valence-corrected chi connectivity index (χ0v) is 10.8. The predicted octanol–water partition coefficient (Wildman–Crippen LogP) is 2.07. The summed E-state index contributed by atoms with van der Waals surface area (Å²) in [5.74, 6) is 1.99. The van der Waals surface area contributed by atoms with Crippen LogP contribution >= 0.6 is 0 Å². The first-order valence-electron chi connectivity index (χ1n) is 6.16. The van der Waals surface area contributed by atoms with E-state index < -0.39 is 0 Å². The van der Waals surface area contributed by atoms with Crippen molar-refractivity contribution in [3.63, 3.8) is 0 Å². The summed E-state index contributed by atoms with van der Waals surface area (Å²) >= 11 is 0. The highest BCUT2D eigenvalue weighted by Crippen LogP contribution is 2.47. The van der Waals surface area contributed by atoms with Crippen LogP contribution in [0, 0.1) is 5.92 Å². The van der Waals surface area contributed by atoms with Crippen molar-refractivity contribution in [3.8, 4) is 11.5 Å². The molecule has 4 nitrogen and oxygen atoms in total. The Labute approximate surface area is 107 Å². The minimum Gasteiger partial charge on any atom is -0.497 e. The molecule has 0 aromatic heterocycles. The Hall–Kier alpha value is -1.71. The number of rotatable bonds is 6. The fourth-order valence-corrected chi connectivity index (χ4v) is 2.37. The topological polar surface area (TPSA) is 61.5 Å². The second-order valence-corrected chi connectivity index (χ2v) is 4.72. The van der Waals surface area contributed by atoms with Crippen LogP contribution < -0.4 is 15.2 Å². The predicted molar refractivity (Wildman–Crippen MR) is 68.8 cm³/mol. The zero-order chi connectivity index (χ0) is 13.1. The van der Waals surface area contributed by atoms with Crippen LogP contribution in [-0.2, 0) is 4.79 Å². The van der Waals surface area contributed by atoms with E-state index in [0.717, 1.165) is 29.9 Å². The van der Waals surface area contributed by atoms with Crippen molar-refractivity contribution in [2.45, 2.75) is 25.2 Å². The summed E-state index contributed by atoms with van der Waals surface area (Å²) in [4.78, 5) is 11.2. The van der Waals surface area contributed by atoms with Gasteiger partial charge >= 0.3 is 0 Å². The molecule has 0 spiro atoms. The molecule has 1 atom stereocenters. The number of amides is 1. The van der Waals surface area contributed by atoms with Crippen LogP contribution in [0.1, 0.15) is 30.7 Å². The Morgan fingerprint density at radius 3 is 2.61 bits per heavy atom. The number of methoxy groups -OCH3 is 2. The highest BCUT2D eigenvalue weighted by molar-refractivity contribution is 5.75. The average Bonchev–Trinajstić information content (AvgIpc) is 3.19. The maximum absolute atomic E-state index is 11.2. The molecule has 0 aliphatic heterocycles. The Kier molecular flexibility index (Phi) is 3.75. The average molecular weight is 249 g/mol. The van der Waals surface area contributed by atoms with Crippen molar-refractivity contribution in [1.82, 2.24) is 0 Å². The summed E-state index contributed by atoms with van der Waals surface area (Å²) in [6.07, 6.45) is 2.70. The van der Waals surface area contributed by atoms with Crippen LogP contribution in [0.4, 0.5) is 0 Å². The third-order valence-corrected chi connectivity index (χ3v) is 3.45.